The molecule has 76 valence electrons. The van der Waals surface area contributed by atoms with E-state index < -0.39 is 4.92 Å². The largest absolute Gasteiger partial charge is 0.295 e. The molecule has 1 aromatic rings. The smallest absolute Gasteiger partial charge is 0.264 e. The predicted octanol–water partition coefficient (Wildman–Crippen LogP) is 1.19. The summed E-state index contributed by atoms with van der Waals surface area (Å²) in [4.78, 5) is 13.7. The SMILES string of the molecule is Cc1ncc(N(O)O)c(C)c1[N+](=O)[O-]. The van der Waals surface area contributed by atoms with Crippen LogP contribution in [0.3, 0.4) is 0 Å². The lowest BCUT2D eigenvalue weighted by atomic mass is 10.2. The fourth-order valence-corrected chi connectivity index (χ4v) is 1.18. The van der Waals surface area contributed by atoms with E-state index in [0.717, 1.165) is 6.20 Å². The zero-order valence-electron chi connectivity index (χ0n) is 7.63. The van der Waals surface area contributed by atoms with Crippen molar-refractivity contribution in [1.29, 1.82) is 0 Å². The van der Waals surface area contributed by atoms with E-state index in [4.69, 9.17) is 10.4 Å². The van der Waals surface area contributed by atoms with Crippen molar-refractivity contribution in [1.82, 2.24) is 4.98 Å². The van der Waals surface area contributed by atoms with Gasteiger partial charge in [-0.1, -0.05) is 0 Å². The fraction of sp³-hybridized carbons (Fsp3) is 0.286. The number of pyridine rings is 1. The van der Waals surface area contributed by atoms with Crippen LogP contribution in [0.5, 0.6) is 0 Å². The first-order valence-corrected chi connectivity index (χ1v) is 3.73. The molecule has 0 aromatic carbocycles. The van der Waals surface area contributed by atoms with Crippen molar-refractivity contribution in [3.8, 4) is 0 Å². The van der Waals surface area contributed by atoms with Crippen molar-refractivity contribution in [3.63, 3.8) is 0 Å². The Morgan fingerprint density at radius 1 is 1.50 bits per heavy atom. The van der Waals surface area contributed by atoms with Crippen molar-refractivity contribution < 1.29 is 15.3 Å². The maximum atomic E-state index is 10.6. The average Bonchev–Trinajstić information content (AvgIpc) is 2.02. The zero-order chi connectivity index (χ0) is 10.9. The van der Waals surface area contributed by atoms with Gasteiger partial charge < -0.3 is 0 Å². The normalized spacial score (nSPS) is 10.0. The van der Waals surface area contributed by atoms with Gasteiger partial charge in [0.25, 0.3) is 5.69 Å². The number of nitro groups is 1. The number of nitrogens with zero attached hydrogens (tertiary/aromatic N) is 3. The van der Waals surface area contributed by atoms with E-state index >= 15 is 0 Å². The minimum Gasteiger partial charge on any atom is -0.264 e. The van der Waals surface area contributed by atoms with Crippen LogP contribution in [0, 0.1) is 24.0 Å². The summed E-state index contributed by atoms with van der Waals surface area (Å²) in [5.74, 6) is 0. The van der Waals surface area contributed by atoms with Crippen molar-refractivity contribution in [2.75, 3.05) is 5.23 Å². The Bertz CT molecular complexity index is 377. The molecule has 7 heteroatoms. The molecule has 0 saturated heterocycles. The summed E-state index contributed by atoms with van der Waals surface area (Å²) in [7, 11) is 0. The van der Waals surface area contributed by atoms with Crippen LogP contribution in [0.25, 0.3) is 0 Å². The maximum Gasteiger partial charge on any atom is 0.295 e. The Labute approximate surface area is 79.3 Å². The van der Waals surface area contributed by atoms with Crippen LogP contribution < -0.4 is 5.23 Å². The molecule has 0 bridgehead atoms. The zero-order valence-corrected chi connectivity index (χ0v) is 7.63. The molecule has 0 fully saturated rings. The molecule has 1 heterocycles. The predicted molar refractivity (Wildman–Crippen MR) is 46.4 cm³/mol. The molecular weight excluding hydrogens is 190 g/mol. The van der Waals surface area contributed by atoms with Crippen LogP contribution in [0.15, 0.2) is 6.20 Å². The molecule has 0 radical (unpaired) electrons. The van der Waals surface area contributed by atoms with E-state index in [1.54, 1.807) is 0 Å². The van der Waals surface area contributed by atoms with Gasteiger partial charge in [0, 0.05) is 0 Å². The highest BCUT2D eigenvalue weighted by molar-refractivity contribution is 5.58. The van der Waals surface area contributed by atoms with E-state index in [1.807, 2.05) is 0 Å². The summed E-state index contributed by atoms with van der Waals surface area (Å²) in [5, 5.41) is 27.9. The Balaban J connectivity index is 3.41. The molecule has 0 spiro atoms. The summed E-state index contributed by atoms with van der Waals surface area (Å²) in [6.45, 7) is 2.90. The van der Waals surface area contributed by atoms with Gasteiger partial charge in [-0.3, -0.25) is 25.5 Å². The van der Waals surface area contributed by atoms with E-state index in [2.05, 4.69) is 4.98 Å². The maximum absolute atomic E-state index is 10.6. The molecule has 0 aliphatic rings. The third kappa shape index (κ3) is 1.63. The fourth-order valence-electron chi connectivity index (χ4n) is 1.18. The lowest BCUT2D eigenvalue weighted by Crippen LogP contribution is -2.14. The number of aryl methyl sites for hydroxylation is 1. The van der Waals surface area contributed by atoms with Crippen molar-refractivity contribution in [2.24, 2.45) is 0 Å². The second-order valence-corrected chi connectivity index (χ2v) is 2.75. The molecule has 1 aromatic heterocycles. The van der Waals surface area contributed by atoms with E-state index in [-0.39, 0.29) is 27.9 Å². The van der Waals surface area contributed by atoms with Crippen LogP contribution in [-0.2, 0) is 0 Å². The monoisotopic (exact) mass is 199 g/mol. The van der Waals surface area contributed by atoms with Crippen molar-refractivity contribution in [3.05, 3.63) is 27.6 Å². The number of hydrogen-bond acceptors (Lipinski definition) is 6. The van der Waals surface area contributed by atoms with Gasteiger partial charge in [0.2, 0.25) is 0 Å². The topological polar surface area (TPSA) is 99.7 Å². The minimum absolute atomic E-state index is 0.109. The Kier molecular flexibility index (Phi) is 2.63. The van der Waals surface area contributed by atoms with E-state index in [0.29, 0.717) is 0 Å². The summed E-state index contributed by atoms with van der Waals surface area (Å²) in [6.07, 6.45) is 1.15. The van der Waals surface area contributed by atoms with Gasteiger partial charge in [0.05, 0.1) is 16.7 Å². The lowest BCUT2D eigenvalue weighted by Gasteiger charge is -2.11. The second-order valence-electron chi connectivity index (χ2n) is 2.75. The van der Waals surface area contributed by atoms with Crippen molar-refractivity contribution >= 4 is 11.4 Å². The molecular formula is C7H9N3O4. The summed E-state index contributed by atoms with van der Waals surface area (Å²) in [5.41, 5.74) is 0.0727. The Hall–Kier alpha value is -1.73. The molecule has 1 rings (SSSR count). The summed E-state index contributed by atoms with van der Waals surface area (Å²) < 4.78 is 0. The van der Waals surface area contributed by atoms with E-state index in [9.17, 15) is 10.1 Å². The van der Waals surface area contributed by atoms with Crippen LogP contribution in [0.1, 0.15) is 11.3 Å². The first-order chi connectivity index (χ1) is 6.45. The van der Waals surface area contributed by atoms with Crippen molar-refractivity contribution in [2.45, 2.75) is 13.8 Å². The molecule has 7 nitrogen and oxygen atoms in total. The van der Waals surface area contributed by atoms with Crippen LogP contribution in [0.2, 0.25) is 0 Å². The van der Waals surface area contributed by atoms with Gasteiger partial charge in [0.1, 0.15) is 11.4 Å². The molecule has 0 amide bonds. The molecule has 0 atom stereocenters. The van der Waals surface area contributed by atoms with Crippen LogP contribution in [0.4, 0.5) is 11.4 Å². The first kappa shape index (κ1) is 10.4. The highest BCUT2D eigenvalue weighted by atomic mass is 16.8. The molecule has 0 aliphatic carbocycles. The van der Waals surface area contributed by atoms with Gasteiger partial charge in [-0.15, -0.1) is 5.23 Å². The molecule has 0 saturated carbocycles. The number of hydrogen-bond donors (Lipinski definition) is 2. The molecule has 0 aliphatic heterocycles. The third-order valence-corrected chi connectivity index (χ3v) is 1.86. The van der Waals surface area contributed by atoms with Gasteiger partial charge >= 0.3 is 0 Å². The van der Waals surface area contributed by atoms with Crippen LogP contribution in [-0.4, -0.2) is 20.3 Å². The highest BCUT2D eigenvalue weighted by Gasteiger charge is 2.20. The quantitative estimate of drug-likeness (QED) is 0.548. The highest BCUT2D eigenvalue weighted by Crippen LogP contribution is 2.28. The minimum atomic E-state index is -0.606. The number of rotatable bonds is 2. The van der Waals surface area contributed by atoms with Gasteiger partial charge in [-0.2, -0.15) is 0 Å². The number of aromatic nitrogens is 1. The third-order valence-electron chi connectivity index (χ3n) is 1.86. The van der Waals surface area contributed by atoms with Gasteiger partial charge in [-0.25, -0.2) is 0 Å². The first-order valence-electron chi connectivity index (χ1n) is 3.73. The molecule has 0 unspecified atom stereocenters. The number of anilines is 1. The summed E-state index contributed by atoms with van der Waals surface area (Å²) in [6, 6.07) is 0. The Morgan fingerprint density at radius 3 is 2.50 bits per heavy atom. The van der Waals surface area contributed by atoms with E-state index in [1.165, 1.54) is 13.8 Å². The van der Waals surface area contributed by atoms with Gasteiger partial charge in [0.15, 0.2) is 0 Å². The Morgan fingerprint density at radius 2 is 2.07 bits per heavy atom. The van der Waals surface area contributed by atoms with Gasteiger partial charge in [-0.05, 0) is 13.8 Å². The summed E-state index contributed by atoms with van der Waals surface area (Å²) >= 11 is 0. The molecule has 14 heavy (non-hydrogen) atoms. The molecule has 2 N–H and O–H groups in total. The van der Waals surface area contributed by atoms with Crippen LogP contribution >= 0.6 is 0 Å². The lowest BCUT2D eigenvalue weighted by molar-refractivity contribution is -0.386. The standard InChI is InChI=1S/C7H9N3O4/c1-4-6(9(11)12)3-8-5(2)7(4)10(13)14/h3,11-12H,1-2H3. The second kappa shape index (κ2) is 3.56. The average molecular weight is 199 g/mol.